The maximum Gasteiger partial charge on any atom is 0.187 e. The molecule has 0 bridgehead atoms. The predicted octanol–water partition coefficient (Wildman–Crippen LogP) is 12.7. The molecule has 14 rings (SSSR count). The number of nitrogens with zero attached hydrogens (tertiary/aromatic N) is 2. The highest BCUT2D eigenvalue weighted by molar-refractivity contribution is 7.76. The lowest BCUT2D eigenvalue weighted by Gasteiger charge is -2.12. The van der Waals surface area contributed by atoms with Gasteiger partial charge in [0.1, 0.15) is 21.6 Å². The zero-order valence-electron chi connectivity index (χ0n) is 34.5. The van der Waals surface area contributed by atoms with E-state index in [9.17, 15) is 0 Å². The Labute approximate surface area is 361 Å². The summed E-state index contributed by atoms with van der Waals surface area (Å²) in [5.41, 5.74) is 12.3. The van der Waals surface area contributed by atoms with Crippen molar-refractivity contribution in [2.24, 2.45) is 14.1 Å². The molecule has 0 fully saturated rings. The van der Waals surface area contributed by atoms with Crippen LogP contribution in [0, 0.1) is 0 Å². The summed E-state index contributed by atoms with van der Waals surface area (Å²) in [4.78, 5) is 0. The average molecular weight is 827 g/mol. The lowest BCUT2D eigenvalue weighted by molar-refractivity contribution is 1.02. The molecule has 4 aliphatic rings. The van der Waals surface area contributed by atoms with Crippen molar-refractivity contribution in [1.82, 2.24) is 9.13 Å². The van der Waals surface area contributed by atoms with Crippen LogP contribution in [-0.2, 0) is 14.1 Å². The summed E-state index contributed by atoms with van der Waals surface area (Å²) in [6, 6.07) is 55.8. The van der Waals surface area contributed by atoms with Gasteiger partial charge in [-0.05, 0) is 99.4 Å². The lowest BCUT2D eigenvalue weighted by Crippen LogP contribution is -2.13. The number of hydrogen-bond acceptors (Lipinski definition) is 0. The molecule has 0 radical (unpaired) electrons. The smallest absolute Gasteiger partial charge is 0.187 e. The van der Waals surface area contributed by atoms with Crippen LogP contribution in [0.5, 0.6) is 0 Å². The van der Waals surface area contributed by atoms with Crippen molar-refractivity contribution in [3.8, 4) is 11.1 Å². The van der Waals surface area contributed by atoms with Gasteiger partial charge in [-0.25, -0.2) is 0 Å². The Bertz CT molecular complexity index is 3880. The van der Waals surface area contributed by atoms with E-state index in [0.717, 1.165) is 6.42 Å². The molecule has 8 aromatic carbocycles. The van der Waals surface area contributed by atoms with Crippen LogP contribution in [0.4, 0.5) is 0 Å². The first kappa shape index (κ1) is 34.8. The van der Waals surface area contributed by atoms with E-state index in [-0.39, 0.29) is 0 Å². The van der Waals surface area contributed by atoms with E-state index < -0.39 is 15.1 Å². The summed E-state index contributed by atoms with van der Waals surface area (Å²) in [6.45, 7) is 0. The standard InChI is InChI=1S/C58H40N2P2/c1-59-49-31-26-35-14-8-9-19-41(35)53(49)48-34-46(54-45-21-11-13-23-52(45)62(58(54)56(48)59)39-17-4-3-5-18-39)36-24-27-40(28-25-36)61-51-22-12-10-20-42(51)44-30-29-43-47-32-37-15-6-7-16-38(37)33-50(47)60(2)55(43)57(44)61/h3-22,24-34,42H,23H2,1-2H3/q+2. The minimum absolute atomic E-state index is 0.298. The van der Waals surface area contributed by atoms with Crippen molar-refractivity contribution in [3.63, 3.8) is 0 Å². The molecule has 0 spiro atoms. The van der Waals surface area contributed by atoms with E-state index in [1.165, 1.54) is 119 Å². The fraction of sp³-hybridized carbons (Fsp3) is 0.0690. The zero-order chi connectivity index (χ0) is 40.8. The quantitative estimate of drug-likeness (QED) is 0.157. The molecule has 3 unspecified atom stereocenters. The number of benzene rings is 8. The van der Waals surface area contributed by atoms with Crippen LogP contribution in [0.25, 0.3) is 81.9 Å². The summed E-state index contributed by atoms with van der Waals surface area (Å²) in [5, 5.41) is 19.6. The Morgan fingerprint density at radius 1 is 0.548 bits per heavy atom. The molecule has 2 aliphatic heterocycles. The first-order valence-corrected chi connectivity index (χ1v) is 24.4. The van der Waals surface area contributed by atoms with E-state index in [0.29, 0.717) is 5.92 Å². The second-order valence-corrected chi connectivity index (χ2v) is 21.6. The molecule has 2 aliphatic carbocycles. The van der Waals surface area contributed by atoms with E-state index in [4.69, 9.17) is 0 Å². The third kappa shape index (κ3) is 4.61. The fourth-order valence-electron chi connectivity index (χ4n) is 11.5. The van der Waals surface area contributed by atoms with Crippen LogP contribution in [0.1, 0.15) is 23.5 Å². The topological polar surface area (TPSA) is 9.86 Å². The summed E-state index contributed by atoms with van der Waals surface area (Å²) < 4.78 is 4.99. The molecule has 0 saturated heterocycles. The second-order valence-electron chi connectivity index (χ2n) is 17.3. The summed E-state index contributed by atoms with van der Waals surface area (Å²) in [6.07, 6.45) is 17.4. The molecule has 3 atom stereocenters. The largest absolute Gasteiger partial charge is 0.340 e. The van der Waals surface area contributed by atoms with Crippen LogP contribution in [-0.4, -0.2) is 19.7 Å². The van der Waals surface area contributed by atoms with Gasteiger partial charge in [0.2, 0.25) is 0 Å². The van der Waals surface area contributed by atoms with Gasteiger partial charge in [-0.15, -0.1) is 0 Å². The monoisotopic (exact) mass is 826 g/mol. The molecule has 10 aromatic rings. The Kier molecular flexibility index (Phi) is 7.22. The van der Waals surface area contributed by atoms with Gasteiger partial charge < -0.3 is 9.13 Å². The van der Waals surface area contributed by atoms with E-state index in [1.54, 1.807) is 5.29 Å². The first-order valence-electron chi connectivity index (χ1n) is 21.7. The van der Waals surface area contributed by atoms with Crippen molar-refractivity contribution >= 4 is 118 Å². The number of fused-ring (bicyclic) bond motifs is 17. The predicted molar refractivity (Wildman–Crippen MR) is 273 cm³/mol. The Hall–Kier alpha value is -6.82. The lowest BCUT2D eigenvalue weighted by atomic mass is 9.89. The highest BCUT2D eigenvalue weighted by Gasteiger charge is 2.45. The molecule has 0 saturated carbocycles. The third-order valence-electron chi connectivity index (χ3n) is 14.2. The van der Waals surface area contributed by atoms with Gasteiger partial charge in [-0.3, -0.25) is 0 Å². The van der Waals surface area contributed by atoms with Crippen molar-refractivity contribution in [3.05, 3.63) is 199 Å². The van der Waals surface area contributed by atoms with Gasteiger partial charge in [-0.1, -0.05) is 121 Å². The minimum Gasteiger partial charge on any atom is -0.340 e. The Balaban J connectivity index is 1.02. The molecule has 4 heterocycles. The number of hydrogen-bond donors (Lipinski definition) is 0. The normalized spacial score (nSPS) is 17.6. The highest BCUT2D eigenvalue weighted by Crippen LogP contribution is 2.51. The molecule has 0 amide bonds. The van der Waals surface area contributed by atoms with E-state index in [1.807, 2.05) is 0 Å². The number of aromatic nitrogens is 2. The van der Waals surface area contributed by atoms with Crippen molar-refractivity contribution in [1.29, 1.82) is 0 Å². The molecule has 0 N–H and O–H groups in total. The van der Waals surface area contributed by atoms with Crippen molar-refractivity contribution in [2.45, 2.75) is 12.3 Å². The fourth-order valence-corrected chi connectivity index (χ4v) is 17.4. The van der Waals surface area contributed by atoms with Crippen LogP contribution in [0.3, 0.4) is 0 Å². The molecule has 290 valence electrons. The van der Waals surface area contributed by atoms with Gasteiger partial charge in [-0.2, -0.15) is 0 Å². The molecular formula is C58H40N2P2+2. The maximum atomic E-state index is 2.55. The van der Waals surface area contributed by atoms with Crippen LogP contribution in [0.2, 0.25) is 0 Å². The Morgan fingerprint density at radius 3 is 2.15 bits per heavy atom. The summed E-state index contributed by atoms with van der Waals surface area (Å²) >= 11 is 0. The van der Waals surface area contributed by atoms with Crippen molar-refractivity contribution < 1.29 is 0 Å². The summed E-state index contributed by atoms with van der Waals surface area (Å²) in [7, 11) is 3.05. The third-order valence-corrected chi connectivity index (χ3v) is 19.6. The van der Waals surface area contributed by atoms with Gasteiger partial charge in [0.25, 0.3) is 0 Å². The Morgan fingerprint density at radius 2 is 1.29 bits per heavy atom. The first-order chi connectivity index (χ1) is 30.6. The van der Waals surface area contributed by atoms with Crippen molar-refractivity contribution in [2.75, 3.05) is 0 Å². The highest BCUT2D eigenvalue weighted by atomic mass is 31.1. The second kappa shape index (κ2) is 12.9. The van der Waals surface area contributed by atoms with Gasteiger partial charge in [0.15, 0.2) is 36.3 Å². The van der Waals surface area contributed by atoms with Gasteiger partial charge >= 0.3 is 0 Å². The zero-order valence-corrected chi connectivity index (χ0v) is 36.3. The van der Waals surface area contributed by atoms with E-state index in [2.05, 4.69) is 211 Å². The molecule has 2 nitrogen and oxygen atoms in total. The minimum atomic E-state index is -0.776. The van der Waals surface area contributed by atoms with Crippen LogP contribution in [0.15, 0.2) is 188 Å². The van der Waals surface area contributed by atoms with Gasteiger partial charge in [0, 0.05) is 69.8 Å². The van der Waals surface area contributed by atoms with Crippen LogP contribution >= 0.6 is 15.1 Å². The maximum absolute atomic E-state index is 2.55. The SMILES string of the molecule is Cn1c2cc3ccccc3cc2c2ccc3c(c21)[P+](c1ccc(-c2cc4c5c6ccccc6ccc5n(C)c4c4c2C2=CC=CCC2=[P+]4c2ccccc2)cc1)=C1C=CC=CC13. The molecule has 4 heteroatoms. The molecule has 62 heavy (non-hydrogen) atoms. The summed E-state index contributed by atoms with van der Waals surface area (Å²) in [5.74, 6) is 0.298. The number of aryl methyl sites for hydroxylation is 2. The molecule has 2 aromatic heterocycles. The number of rotatable bonds is 3. The number of allylic oxidation sites excluding steroid dienone is 8. The van der Waals surface area contributed by atoms with Gasteiger partial charge in [0.05, 0.1) is 5.92 Å². The molecular weight excluding hydrogens is 787 g/mol. The van der Waals surface area contributed by atoms with E-state index >= 15 is 0 Å². The average Bonchev–Trinajstić information content (AvgIpc) is 4.03. The van der Waals surface area contributed by atoms with Crippen LogP contribution < -0.4 is 21.2 Å².